The molecule has 0 amide bonds. The SMILES string of the molecule is CCC[Si](OCC)(OCC)OCC.NC=CN. The van der Waals surface area contributed by atoms with Crippen LogP contribution in [0.5, 0.6) is 0 Å². The quantitative estimate of drug-likeness (QED) is 0.654. The zero-order chi connectivity index (χ0) is 13.6. The summed E-state index contributed by atoms with van der Waals surface area (Å²) in [6, 6.07) is 0.919. The van der Waals surface area contributed by atoms with Crippen LogP contribution in [0.2, 0.25) is 6.04 Å². The lowest BCUT2D eigenvalue weighted by Gasteiger charge is -2.27. The van der Waals surface area contributed by atoms with Gasteiger partial charge in [-0.1, -0.05) is 13.3 Å². The second-order valence-corrected chi connectivity index (χ2v) is 5.85. The lowest BCUT2D eigenvalue weighted by Crippen LogP contribution is -2.45. The zero-order valence-electron chi connectivity index (χ0n) is 11.6. The molecule has 17 heavy (non-hydrogen) atoms. The minimum atomic E-state index is -2.30. The zero-order valence-corrected chi connectivity index (χ0v) is 12.6. The van der Waals surface area contributed by atoms with E-state index in [2.05, 4.69) is 6.92 Å². The van der Waals surface area contributed by atoms with Gasteiger partial charge in [0.15, 0.2) is 0 Å². The van der Waals surface area contributed by atoms with Gasteiger partial charge in [0, 0.05) is 38.3 Å². The van der Waals surface area contributed by atoms with Crippen LogP contribution >= 0.6 is 0 Å². The smallest absolute Gasteiger partial charge is 0.403 e. The standard InChI is InChI=1S/C9H22O3Si.C2H6N2/c1-5-9-13(10-6-2,11-7-3)12-8-4;3-1-2-4/h5-9H2,1-4H3;1-2H,3-4H2. The summed E-state index contributed by atoms with van der Waals surface area (Å²) < 4.78 is 16.9. The fraction of sp³-hybridized carbons (Fsp3) is 0.818. The first-order chi connectivity index (χ1) is 8.16. The van der Waals surface area contributed by atoms with Crippen molar-refractivity contribution in [1.29, 1.82) is 0 Å². The maximum absolute atomic E-state index is 5.65. The van der Waals surface area contributed by atoms with Crippen LogP contribution in [0, 0.1) is 0 Å². The van der Waals surface area contributed by atoms with Gasteiger partial charge in [-0.25, -0.2) is 0 Å². The van der Waals surface area contributed by atoms with Crippen LogP contribution in [0.3, 0.4) is 0 Å². The van der Waals surface area contributed by atoms with Crippen molar-refractivity contribution in [2.24, 2.45) is 11.5 Å². The molecular formula is C11H28N2O3Si. The molecule has 0 aromatic rings. The maximum Gasteiger partial charge on any atom is 0.500 e. The summed E-state index contributed by atoms with van der Waals surface area (Å²) in [7, 11) is -2.30. The van der Waals surface area contributed by atoms with Crippen LogP contribution < -0.4 is 11.5 Å². The van der Waals surface area contributed by atoms with Gasteiger partial charge in [-0.05, 0) is 20.8 Å². The van der Waals surface area contributed by atoms with Crippen molar-refractivity contribution in [2.75, 3.05) is 19.8 Å². The molecule has 0 bridgehead atoms. The topological polar surface area (TPSA) is 79.7 Å². The molecule has 6 heteroatoms. The third-order valence-electron chi connectivity index (χ3n) is 1.76. The lowest BCUT2D eigenvalue weighted by atomic mass is 10.6. The molecule has 0 aliphatic heterocycles. The average Bonchev–Trinajstić information content (AvgIpc) is 2.31. The fourth-order valence-electron chi connectivity index (χ4n) is 1.31. The van der Waals surface area contributed by atoms with E-state index < -0.39 is 8.80 Å². The second-order valence-electron chi connectivity index (χ2n) is 3.12. The van der Waals surface area contributed by atoms with Crippen LogP contribution in [-0.4, -0.2) is 28.6 Å². The Morgan fingerprint density at radius 1 is 0.824 bits per heavy atom. The summed E-state index contributed by atoms with van der Waals surface area (Å²) in [6.07, 6.45) is 3.60. The second kappa shape index (κ2) is 13.5. The lowest BCUT2D eigenvalue weighted by molar-refractivity contribution is 0.0712. The van der Waals surface area contributed by atoms with Crippen LogP contribution in [0.25, 0.3) is 0 Å². The Hall–Kier alpha value is -0.563. The minimum absolute atomic E-state index is 0.673. The molecule has 0 saturated heterocycles. The normalized spacial score (nSPS) is 11.3. The Balaban J connectivity index is 0. The fourth-order valence-corrected chi connectivity index (χ4v) is 3.92. The molecule has 0 saturated carbocycles. The van der Waals surface area contributed by atoms with E-state index in [1.165, 1.54) is 12.4 Å². The van der Waals surface area contributed by atoms with Crippen LogP contribution in [0.4, 0.5) is 0 Å². The molecule has 0 radical (unpaired) electrons. The van der Waals surface area contributed by atoms with E-state index in [0.29, 0.717) is 19.8 Å². The molecule has 104 valence electrons. The highest BCUT2D eigenvalue weighted by atomic mass is 28.4. The van der Waals surface area contributed by atoms with E-state index >= 15 is 0 Å². The molecule has 0 unspecified atom stereocenters. The summed E-state index contributed by atoms with van der Waals surface area (Å²) >= 11 is 0. The van der Waals surface area contributed by atoms with Crippen molar-refractivity contribution in [3.05, 3.63) is 12.4 Å². The third-order valence-corrected chi connectivity index (χ3v) is 5.06. The van der Waals surface area contributed by atoms with Gasteiger partial charge < -0.3 is 24.7 Å². The van der Waals surface area contributed by atoms with Crippen LogP contribution in [-0.2, 0) is 13.3 Å². The van der Waals surface area contributed by atoms with Crippen molar-refractivity contribution in [2.45, 2.75) is 40.2 Å². The van der Waals surface area contributed by atoms with Crippen molar-refractivity contribution in [3.63, 3.8) is 0 Å². The van der Waals surface area contributed by atoms with Crippen LogP contribution in [0.1, 0.15) is 34.1 Å². The summed E-state index contributed by atoms with van der Waals surface area (Å²) in [5, 5.41) is 0. The molecule has 0 aliphatic carbocycles. The van der Waals surface area contributed by atoms with Gasteiger partial charge >= 0.3 is 8.80 Å². The van der Waals surface area contributed by atoms with E-state index in [4.69, 9.17) is 24.7 Å². The van der Waals surface area contributed by atoms with E-state index in [0.717, 1.165) is 12.5 Å². The van der Waals surface area contributed by atoms with E-state index in [-0.39, 0.29) is 0 Å². The third kappa shape index (κ3) is 10.3. The Morgan fingerprint density at radius 3 is 1.35 bits per heavy atom. The van der Waals surface area contributed by atoms with E-state index in [1.807, 2.05) is 20.8 Å². The monoisotopic (exact) mass is 264 g/mol. The Labute approximate surface area is 106 Å². The molecule has 0 aliphatic rings. The Morgan fingerprint density at radius 2 is 1.18 bits per heavy atom. The summed E-state index contributed by atoms with van der Waals surface area (Å²) in [4.78, 5) is 0. The van der Waals surface area contributed by atoms with Gasteiger partial charge in [-0.3, -0.25) is 0 Å². The van der Waals surface area contributed by atoms with Gasteiger partial charge in [0.1, 0.15) is 0 Å². The highest BCUT2D eigenvalue weighted by Gasteiger charge is 2.38. The van der Waals surface area contributed by atoms with Gasteiger partial charge in [-0.2, -0.15) is 0 Å². The molecule has 0 heterocycles. The maximum atomic E-state index is 5.65. The Kier molecular flexibility index (Phi) is 14.9. The van der Waals surface area contributed by atoms with Crippen molar-refractivity contribution in [3.8, 4) is 0 Å². The van der Waals surface area contributed by atoms with Gasteiger partial charge in [-0.15, -0.1) is 0 Å². The number of hydrogen-bond acceptors (Lipinski definition) is 5. The van der Waals surface area contributed by atoms with Crippen molar-refractivity contribution in [1.82, 2.24) is 0 Å². The summed E-state index contributed by atoms with van der Waals surface area (Å²) in [6.45, 7) is 10.1. The summed E-state index contributed by atoms with van der Waals surface area (Å²) in [5.41, 5.74) is 9.44. The molecule has 0 aromatic heterocycles. The number of hydrogen-bond donors (Lipinski definition) is 2. The van der Waals surface area contributed by atoms with Crippen LogP contribution in [0.15, 0.2) is 12.4 Å². The predicted molar refractivity (Wildman–Crippen MR) is 73.2 cm³/mol. The van der Waals surface area contributed by atoms with Crippen molar-refractivity contribution >= 4 is 8.80 Å². The molecule has 0 fully saturated rings. The van der Waals surface area contributed by atoms with Crippen molar-refractivity contribution < 1.29 is 13.3 Å². The van der Waals surface area contributed by atoms with Gasteiger partial charge in [0.2, 0.25) is 0 Å². The van der Waals surface area contributed by atoms with Gasteiger partial charge in [0.25, 0.3) is 0 Å². The summed E-state index contributed by atoms with van der Waals surface area (Å²) in [5.74, 6) is 0. The number of rotatable bonds is 8. The Bertz CT molecular complexity index is 147. The van der Waals surface area contributed by atoms with E-state index in [1.54, 1.807) is 0 Å². The largest absolute Gasteiger partial charge is 0.500 e. The first-order valence-electron chi connectivity index (χ1n) is 6.16. The molecule has 5 nitrogen and oxygen atoms in total. The molecule has 0 aromatic carbocycles. The highest BCUT2D eigenvalue weighted by molar-refractivity contribution is 6.60. The molecule has 0 rings (SSSR count). The van der Waals surface area contributed by atoms with E-state index in [9.17, 15) is 0 Å². The minimum Gasteiger partial charge on any atom is -0.403 e. The first kappa shape index (κ1) is 18.8. The number of nitrogens with two attached hydrogens (primary N) is 2. The first-order valence-corrected chi connectivity index (χ1v) is 8.09. The molecule has 0 atom stereocenters. The predicted octanol–water partition coefficient (Wildman–Crippen LogP) is 1.82. The van der Waals surface area contributed by atoms with Gasteiger partial charge in [0.05, 0.1) is 0 Å². The highest BCUT2D eigenvalue weighted by Crippen LogP contribution is 2.17. The molecule has 0 spiro atoms. The molecule has 4 N–H and O–H groups in total. The molecular weight excluding hydrogens is 236 g/mol. The average molecular weight is 264 g/mol.